The van der Waals surface area contributed by atoms with E-state index < -0.39 is 0 Å². The first-order valence-electron chi connectivity index (χ1n) is 6.46. The van der Waals surface area contributed by atoms with E-state index in [0.717, 1.165) is 23.6 Å². The highest BCUT2D eigenvalue weighted by Crippen LogP contribution is 2.35. The minimum absolute atomic E-state index is 0.534. The van der Waals surface area contributed by atoms with Crippen LogP contribution in [0, 0.1) is 0 Å². The first-order chi connectivity index (χ1) is 9.25. The van der Waals surface area contributed by atoms with Gasteiger partial charge in [-0.15, -0.1) is 0 Å². The summed E-state index contributed by atoms with van der Waals surface area (Å²) in [5.41, 5.74) is 7.97. The number of rotatable bonds is 4. The molecule has 1 aromatic heterocycles. The third-order valence-electron chi connectivity index (χ3n) is 3.39. The summed E-state index contributed by atoms with van der Waals surface area (Å²) in [7, 11) is 0. The number of nitrogens with zero attached hydrogens (tertiary/aromatic N) is 2. The predicted molar refractivity (Wildman–Crippen MR) is 79.3 cm³/mol. The number of hydrogen-bond donors (Lipinski definition) is 1. The molecule has 0 radical (unpaired) electrons. The predicted octanol–water partition coefficient (Wildman–Crippen LogP) is 3.49. The molecule has 1 aromatic carbocycles. The first kappa shape index (κ1) is 12.3. The summed E-state index contributed by atoms with van der Waals surface area (Å²) in [6, 6.07) is 12.2. The van der Waals surface area contributed by atoms with Crippen LogP contribution in [0.5, 0.6) is 0 Å². The second-order valence-corrected chi connectivity index (χ2v) is 5.27. The Morgan fingerprint density at radius 1 is 1.21 bits per heavy atom. The van der Waals surface area contributed by atoms with E-state index in [2.05, 4.69) is 16.0 Å². The lowest BCUT2D eigenvalue weighted by atomic mass is 10.1. The summed E-state index contributed by atoms with van der Waals surface area (Å²) in [5, 5.41) is 0.698. The maximum Gasteiger partial charge on any atom is 0.147 e. The minimum atomic E-state index is 0.534. The van der Waals surface area contributed by atoms with Crippen molar-refractivity contribution in [3.8, 4) is 0 Å². The van der Waals surface area contributed by atoms with Gasteiger partial charge in [0.1, 0.15) is 5.82 Å². The van der Waals surface area contributed by atoms with E-state index in [-0.39, 0.29) is 0 Å². The average molecular weight is 274 g/mol. The van der Waals surface area contributed by atoms with Crippen molar-refractivity contribution < 1.29 is 0 Å². The van der Waals surface area contributed by atoms with Crippen LogP contribution >= 0.6 is 11.6 Å². The van der Waals surface area contributed by atoms with Crippen molar-refractivity contribution in [3.63, 3.8) is 0 Å². The number of nitrogens with two attached hydrogens (primary N) is 1. The van der Waals surface area contributed by atoms with E-state index in [1.54, 1.807) is 6.20 Å². The van der Waals surface area contributed by atoms with Crippen LogP contribution in [0.4, 0.5) is 11.5 Å². The van der Waals surface area contributed by atoms with Gasteiger partial charge in [0.25, 0.3) is 0 Å². The summed E-state index contributed by atoms with van der Waals surface area (Å²) < 4.78 is 0. The van der Waals surface area contributed by atoms with E-state index in [1.165, 1.54) is 12.8 Å². The van der Waals surface area contributed by atoms with Gasteiger partial charge in [-0.2, -0.15) is 0 Å². The lowest BCUT2D eigenvalue weighted by Crippen LogP contribution is -2.26. The molecule has 0 spiro atoms. The molecular weight excluding hydrogens is 258 g/mol. The van der Waals surface area contributed by atoms with Crippen molar-refractivity contribution in [2.24, 2.45) is 0 Å². The van der Waals surface area contributed by atoms with E-state index in [9.17, 15) is 0 Å². The van der Waals surface area contributed by atoms with Gasteiger partial charge in [0.2, 0.25) is 0 Å². The van der Waals surface area contributed by atoms with Crippen molar-refractivity contribution in [2.45, 2.75) is 25.4 Å². The van der Waals surface area contributed by atoms with Gasteiger partial charge in [0, 0.05) is 24.5 Å². The molecular formula is C15H16ClN3. The van der Waals surface area contributed by atoms with Gasteiger partial charge in [-0.05, 0) is 36.6 Å². The molecule has 0 unspecified atom stereocenters. The Hall–Kier alpha value is -1.74. The zero-order valence-electron chi connectivity index (χ0n) is 10.6. The second kappa shape index (κ2) is 5.10. The van der Waals surface area contributed by atoms with E-state index in [1.807, 2.05) is 30.3 Å². The van der Waals surface area contributed by atoms with Gasteiger partial charge >= 0.3 is 0 Å². The topological polar surface area (TPSA) is 42.1 Å². The standard InChI is InChI=1S/C15H16ClN3/c16-13-5-3-9-18-15(13)19(12-7-8-12)10-11-4-1-2-6-14(11)17/h1-6,9,12H,7-8,10,17H2. The maximum absolute atomic E-state index is 6.26. The quantitative estimate of drug-likeness (QED) is 0.867. The summed E-state index contributed by atoms with van der Waals surface area (Å²) in [5.74, 6) is 0.856. The number of para-hydroxylation sites is 1. The lowest BCUT2D eigenvalue weighted by Gasteiger charge is -2.25. The molecule has 0 amide bonds. The Morgan fingerprint density at radius 3 is 2.68 bits per heavy atom. The highest BCUT2D eigenvalue weighted by atomic mass is 35.5. The van der Waals surface area contributed by atoms with Crippen LogP contribution in [0.15, 0.2) is 42.6 Å². The Bertz CT molecular complexity index is 581. The van der Waals surface area contributed by atoms with Gasteiger partial charge in [-0.25, -0.2) is 4.98 Å². The number of aromatic nitrogens is 1. The van der Waals surface area contributed by atoms with Crippen molar-refractivity contribution in [2.75, 3.05) is 10.6 Å². The minimum Gasteiger partial charge on any atom is -0.398 e. The highest BCUT2D eigenvalue weighted by Gasteiger charge is 2.31. The van der Waals surface area contributed by atoms with E-state index in [4.69, 9.17) is 17.3 Å². The molecule has 3 nitrogen and oxygen atoms in total. The van der Waals surface area contributed by atoms with Gasteiger partial charge in [-0.3, -0.25) is 0 Å². The molecule has 1 aliphatic rings. The SMILES string of the molecule is Nc1ccccc1CN(c1ncccc1Cl)C1CC1. The molecule has 1 saturated carbocycles. The third kappa shape index (κ3) is 2.66. The Balaban J connectivity index is 1.91. The summed E-state index contributed by atoms with van der Waals surface area (Å²) >= 11 is 6.26. The van der Waals surface area contributed by atoms with Crippen LogP contribution in [0.1, 0.15) is 18.4 Å². The molecule has 1 heterocycles. The summed E-state index contributed by atoms with van der Waals surface area (Å²) in [6.07, 6.45) is 4.17. The first-order valence-corrected chi connectivity index (χ1v) is 6.84. The fraction of sp³-hybridized carbons (Fsp3) is 0.267. The summed E-state index contributed by atoms with van der Waals surface area (Å²) in [4.78, 5) is 6.68. The molecule has 98 valence electrons. The molecule has 4 heteroatoms. The van der Waals surface area contributed by atoms with Crippen LogP contribution in [-0.4, -0.2) is 11.0 Å². The molecule has 1 fully saturated rings. The fourth-order valence-corrected chi connectivity index (χ4v) is 2.44. The molecule has 0 aliphatic heterocycles. The molecule has 19 heavy (non-hydrogen) atoms. The number of pyridine rings is 1. The van der Waals surface area contributed by atoms with Crippen molar-refractivity contribution >= 4 is 23.1 Å². The molecule has 2 N–H and O–H groups in total. The smallest absolute Gasteiger partial charge is 0.147 e. The number of halogens is 1. The molecule has 2 aromatic rings. The van der Waals surface area contributed by atoms with Crippen molar-refractivity contribution in [1.29, 1.82) is 0 Å². The molecule has 1 aliphatic carbocycles. The molecule has 3 rings (SSSR count). The number of nitrogen functional groups attached to an aromatic ring is 1. The van der Waals surface area contributed by atoms with Crippen LogP contribution in [0.3, 0.4) is 0 Å². The van der Waals surface area contributed by atoms with Crippen LogP contribution in [0.2, 0.25) is 5.02 Å². The number of benzene rings is 1. The van der Waals surface area contributed by atoms with Crippen LogP contribution < -0.4 is 10.6 Å². The van der Waals surface area contributed by atoms with E-state index in [0.29, 0.717) is 11.1 Å². The maximum atomic E-state index is 6.26. The number of anilines is 2. The largest absolute Gasteiger partial charge is 0.398 e. The lowest BCUT2D eigenvalue weighted by molar-refractivity contribution is 0.780. The monoisotopic (exact) mass is 273 g/mol. The third-order valence-corrected chi connectivity index (χ3v) is 3.69. The average Bonchev–Trinajstić information content (AvgIpc) is 3.23. The number of hydrogen-bond acceptors (Lipinski definition) is 3. The molecule has 0 bridgehead atoms. The van der Waals surface area contributed by atoms with Crippen LogP contribution in [-0.2, 0) is 6.54 Å². The normalized spacial score (nSPS) is 14.4. The Kier molecular flexibility index (Phi) is 3.30. The van der Waals surface area contributed by atoms with Gasteiger partial charge in [0.15, 0.2) is 0 Å². The highest BCUT2D eigenvalue weighted by molar-refractivity contribution is 6.32. The molecule has 0 atom stereocenters. The summed E-state index contributed by atoms with van der Waals surface area (Å²) in [6.45, 7) is 0.758. The Labute approximate surface area is 118 Å². The van der Waals surface area contributed by atoms with Gasteiger partial charge in [-0.1, -0.05) is 29.8 Å². The molecule has 0 saturated heterocycles. The zero-order chi connectivity index (χ0) is 13.2. The van der Waals surface area contributed by atoms with Gasteiger partial charge < -0.3 is 10.6 Å². The fourth-order valence-electron chi connectivity index (χ4n) is 2.21. The van der Waals surface area contributed by atoms with Crippen molar-refractivity contribution in [1.82, 2.24) is 4.98 Å². The van der Waals surface area contributed by atoms with Gasteiger partial charge in [0.05, 0.1) is 5.02 Å². The zero-order valence-corrected chi connectivity index (χ0v) is 11.3. The van der Waals surface area contributed by atoms with Crippen LogP contribution in [0.25, 0.3) is 0 Å². The van der Waals surface area contributed by atoms with E-state index >= 15 is 0 Å². The van der Waals surface area contributed by atoms with Crippen molar-refractivity contribution in [3.05, 3.63) is 53.2 Å². The second-order valence-electron chi connectivity index (χ2n) is 4.87. The Morgan fingerprint density at radius 2 is 2.00 bits per heavy atom.